The summed E-state index contributed by atoms with van der Waals surface area (Å²) in [4.78, 5) is 21.7. The molecule has 0 aliphatic heterocycles. The standard InChI is InChI=1S/C17H23N5OS.HI/c1-12-13(2)24-16(22-12)11-21-17(18-3)20-10-15(23)19-9-14-7-5-4-6-8-14;/h4-8H,9-11H2,1-3H3,(H,19,23)(H2,18,20,21);1H. The zero-order valence-corrected chi connectivity index (χ0v) is 17.8. The number of carbonyl (C=O) groups is 1. The van der Waals surface area contributed by atoms with Crippen molar-refractivity contribution in [1.82, 2.24) is 20.9 Å². The monoisotopic (exact) mass is 473 g/mol. The highest BCUT2D eigenvalue weighted by Crippen LogP contribution is 2.15. The van der Waals surface area contributed by atoms with E-state index in [4.69, 9.17) is 0 Å². The Balaban J connectivity index is 0.00000312. The molecule has 0 bridgehead atoms. The number of aryl methyl sites for hydroxylation is 2. The number of hydrogen-bond donors (Lipinski definition) is 3. The molecule has 1 heterocycles. The van der Waals surface area contributed by atoms with Gasteiger partial charge in [-0.2, -0.15) is 0 Å². The van der Waals surface area contributed by atoms with Gasteiger partial charge in [-0.15, -0.1) is 35.3 Å². The van der Waals surface area contributed by atoms with Crippen molar-refractivity contribution >= 4 is 47.2 Å². The largest absolute Gasteiger partial charge is 0.350 e. The number of amides is 1. The number of nitrogens with one attached hydrogen (secondary N) is 3. The lowest BCUT2D eigenvalue weighted by Crippen LogP contribution is -2.42. The molecule has 0 saturated heterocycles. The van der Waals surface area contributed by atoms with E-state index in [1.807, 2.05) is 37.3 Å². The van der Waals surface area contributed by atoms with Crippen molar-refractivity contribution in [2.45, 2.75) is 26.9 Å². The molecule has 1 amide bonds. The van der Waals surface area contributed by atoms with Gasteiger partial charge in [0.25, 0.3) is 0 Å². The molecule has 136 valence electrons. The summed E-state index contributed by atoms with van der Waals surface area (Å²) in [5, 5.41) is 10.0. The van der Waals surface area contributed by atoms with E-state index in [0.29, 0.717) is 19.0 Å². The van der Waals surface area contributed by atoms with Crippen LogP contribution in [-0.4, -0.2) is 30.4 Å². The van der Waals surface area contributed by atoms with Gasteiger partial charge >= 0.3 is 0 Å². The molecule has 8 heteroatoms. The summed E-state index contributed by atoms with van der Waals surface area (Å²) in [6.45, 7) is 5.33. The van der Waals surface area contributed by atoms with Gasteiger partial charge in [0.05, 0.1) is 18.8 Å². The van der Waals surface area contributed by atoms with Crippen LogP contribution >= 0.6 is 35.3 Å². The summed E-state index contributed by atoms with van der Waals surface area (Å²) < 4.78 is 0. The average molecular weight is 473 g/mol. The fourth-order valence-electron chi connectivity index (χ4n) is 2.02. The summed E-state index contributed by atoms with van der Waals surface area (Å²) in [7, 11) is 1.68. The van der Waals surface area contributed by atoms with Crippen LogP contribution in [0.25, 0.3) is 0 Å². The van der Waals surface area contributed by atoms with Gasteiger partial charge < -0.3 is 16.0 Å². The summed E-state index contributed by atoms with van der Waals surface area (Å²) in [5.74, 6) is 0.498. The first kappa shape index (κ1) is 21.4. The molecule has 2 rings (SSSR count). The van der Waals surface area contributed by atoms with Crippen LogP contribution < -0.4 is 16.0 Å². The molecule has 0 aliphatic carbocycles. The van der Waals surface area contributed by atoms with Crippen molar-refractivity contribution in [1.29, 1.82) is 0 Å². The first-order valence-electron chi connectivity index (χ1n) is 7.76. The van der Waals surface area contributed by atoms with Crippen LogP contribution in [-0.2, 0) is 17.9 Å². The molecule has 1 aromatic heterocycles. The molecule has 0 radical (unpaired) electrons. The van der Waals surface area contributed by atoms with Crippen LogP contribution in [0.4, 0.5) is 0 Å². The predicted molar refractivity (Wildman–Crippen MR) is 113 cm³/mol. The van der Waals surface area contributed by atoms with Crippen LogP contribution in [0.15, 0.2) is 35.3 Å². The molecule has 6 nitrogen and oxygen atoms in total. The maximum absolute atomic E-state index is 11.9. The van der Waals surface area contributed by atoms with Crippen LogP contribution in [0.2, 0.25) is 0 Å². The molecule has 3 N–H and O–H groups in total. The molecular weight excluding hydrogens is 449 g/mol. The van der Waals surface area contributed by atoms with Crippen LogP contribution in [0.1, 0.15) is 21.1 Å². The molecular formula is C17H24IN5OS. The Morgan fingerprint density at radius 2 is 1.84 bits per heavy atom. The third-order valence-corrected chi connectivity index (χ3v) is 4.53. The minimum atomic E-state index is -0.0808. The summed E-state index contributed by atoms with van der Waals surface area (Å²) in [6.07, 6.45) is 0. The lowest BCUT2D eigenvalue weighted by Gasteiger charge is -2.11. The summed E-state index contributed by atoms with van der Waals surface area (Å²) >= 11 is 1.66. The average Bonchev–Trinajstić information content (AvgIpc) is 2.92. The van der Waals surface area contributed by atoms with E-state index in [1.165, 1.54) is 4.88 Å². The summed E-state index contributed by atoms with van der Waals surface area (Å²) in [6, 6.07) is 9.81. The smallest absolute Gasteiger partial charge is 0.239 e. The third-order valence-electron chi connectivity index (χ3n) is 3.45. The van der Waals surface area contributed by atoms with E-state index in [-0.39, 0.29) is 36.4 Å². The van der Waals surface area contributed by atoms with E-state index in [2.05, 4.69) is 32.9 Å². The van der Waals surface area contributed by atoms with Gasteiger partial charge in [-0.25, -0.2) is 4.98 Å². The number of halogens is 1. The molecule has 2 aromatic rings. The highest BCUT2D eigenvalue weighted by molar-refractivity contribution is 14.0. The van der Waals surface area contributed by atoms with Gasteiger partial charge in [0, 0.05) is 18.5 Å². The molecule has 25 heavy (non-hydrogen) atoms. The second-order valence-corrected chi connectivity index (χ2v) is 6.58. The number of thiazole rings is 1. The Labute approximate surface area is 169 Å². The van der Waals surface area contributed by atoms with Crippen molar-refractivity contribution < 1.29 is 4.79 Å². The second-order valence-electron chi connectivity index (χ2n) is 5.29. The van der Waals surface area contributed by atoms with Crippen molar-refractivity contribution in [2.24, 2.45) is 4.99 Å². The number of carbonyl (C=O) groups excluding carboxylic acids is 1. The molecule has 0 fully saturated rings. The van der Waals surface area contributed by atoms with Crippen LogP contribution in [0.3, 0.4) is 0 Å². The Hall–Kier alpha value is -1.68. The third kappa shape index (κ3) is 7.39. The minimum Gasteiger partial charge on any atom is -0.350 e. The first-order chi connectivity index (χ1) is 11.6. The number of nitrogens with zero attached hydrogens (tertiary/aromatic N) is 2. The number of guanidine groups is 1. The topological polar surface area (TPSA) is 78.4 Å². The van der Waals surface area contributed by atoms with E-state index >= 15 is 0 Å². The zero-order chi connectivity index (χ0) is 17.4. The van der Waals surface area contributed by atoms with Gasteiger partial charge in [0.15, 0.2) is 5.96 Å². The lowest BCUT2D eigenvalue weighted by atomic mass is 10.2. The van der Waals surface area contributed by atoms with Crippen LogP contribution in [0, 0.1) is 13.8 Å². The predicted octanol–water partition coefficient (Wildman–Crippen LogP) is 2.36. The van der Waals surface area contributed by atoms with Gasteiger partial charge in [-0.05, 0) is 19.4 Å². The van der Waals surface area contributed by atoms with Crippen LogP contribution in [0.5, 0.6) is 0 Å². The SMILES string of the molecule is CN=C(NCC(=O)NCc1ccccc1)NCc1nc(C)c(C)s1.I. The van der Waals surface area contributed by atoms with Gasteiger partial charge in [-0.1, -0.05) is 30.3 Å². The van der Waals surface area contributed by atoms with Crippen molar-refractivity contribution in [3.63, 3.8) is 0 Å². The van der Waals surface area contributed by atoms with E-state index in [9.17, 15) is 4.79 Å². The number of aliphatic imine (C=N–C) groups is 1. The highest BCUT2D eigenvalue weighted by Gasteiger charge is 2.06. The second kappa shape index (κ2) is 11.0. The number of rotatable bonds is 6. The van der Waals surface area contributed by atoms with Gasteiger partial charge in [0.1, 0.15) is 5.01 Å². The number of benzene rings is 1. The zero-order valence-electron chi connectivity index (χ0n) is 14.6. The highest BCUT2D eigenvalue weighted by atomic mass is 127. The molecule has 0 spiro atoms. The van der Waals surface area contributed by atoms with E-state index < -0.39 is 0 Å². The fourth-order valence-corrected chi connectivity index (χ4v) is 2.89. The minimum absolute atomic E-state index is 0. The Morgan fingerprint density at radius 1 is 1.12 bits per heavy atom. The summed E-state index contributed by atoms with van der Waals surface area (Å²) in [5.41, 5.74) is 2.13. The maximum Gasteiger partial charge on any atom is 0.239 e. The van der Waals surface area contributed by atoms with Crippen molar-refractivity contribution in [2.75, 3.05) is 13.6 Å². The Kier molecular flexibility index (Phi) is 9.43. The Morgan fingerprint density at radius 3 is 2.44 bits per heavy atom. The molecule has 0 aliphatic rings. The molecule has 0 unspecified atom stereocenters. The maximum atomic E-state index is 11.9. The Bertz CT molecular complexity index is 683. The van der Waals surface area contributed by atoms with Crippen molar-refractivity contribution in [3.05, 3.63) is 51.5 Å². The molecule has 1 aromatic carbocycles. The fraction of sp³-hybridized carbons (Fsp3) is 0.353. The van der Waals surface area contributed by atoms with Gasteiger partial charge in [-0.3, -0.25) is 9.79 Å². The van der Waals surface area contributed by atoms with E-state index in [0.717, 1.165) is 16.3 Å². The molecule has 0 atom stereocenters. The number of hydrogen-bond acceptors (Lipinski definition) is 4. The normalized spacial score (nSPS) is 10.8. The molecule has 0 saturated carbocycles. The lowest BCUT2D eigenvalue weighted by molar-refractivity contribution is -0.120. The quantitative estimate of drug-likeness (QED) is 0.342. The van der Waals surface area contributed by atoms with Gasteiger partial charge in [0.2, 0.25) is 5.91 Å². The van der Waals surface area contributed by atoms with E-state index in [1.54, 1.807) is 18.4 Å². The van der Waals surface area contributed by atoms with Crippen molar-refractivity contribution in [3.8, 4) is 0 Å². The number of aromatic nitrogens is 1. The first-order valence-corrected chi connectivity index (χ1v) is 8.58.